The lowest BCUT2D eigenvalue weighted by molar-refractivity contribution is 0.0686. The molecule has 0 fully saturated rings. The number of carboxylic acid groups (broad SMARTS) is 1. The normalized spacial score (nSPS) is 14.1. The van der Waals surface area contributed by atoms with E-state index in [-0.39, 0.29) is 5.56 Å². The van der Waals surface area contributed by atoms with Crippen molar-refractivity contribution in [1.82, 2.24) is 4.98 Å². The summed E-state index contributed by atoms with van der Waals surface area (Å²) < 4.78 is 34.6. The number of aromatic carboxylic acids is 1. The number of benzene rings is 3. The van der Waals surface area contributed by atoms with Gasteiger partial charge in [-0.3, -0.25) is 0 Å². The highest BCUT2D eigenvalue weighted by molar-refractivity contribution is 5.89. The van der Waals surface area contributed by atoms with Gasteiger partial charge in [0, 0.05) is 22.5 Å². The van der Waals surface area contributed by atoms with Crippen molar-refractivity contribution in [3.05, 3.63) is 107 Å². The van der Waals surface area contributed by atoms with E-state index in [4.69, 9.17) is 9.84 Å². The summed E-state index contributed by atoms with van der Waals surface area (Å²) in [7, 11) is 0. The highest BCUT2D eigenvalue weighted by atomic mass is 19.1. The number of H-pyrrole nitrogens is 1. The second kappa shape index (κ2) is 8.24. The average molecular weight is 472 g/mol. The Labute approximate surface area is 201 Å². The molecule has 1 aromatic heterocycles. The molecule has 0 radical (unpaired) electrons. The van der Waals surface area contributed by atoms with Crippen LogP contribution in [0.5, 0.6) is 5.75 Å². The molecule has 0 aliphatic carbocycles. The van der Waals surface area contributed by atoms with Gasteiger partial charge in [-0.2, -0.15) is 0 Å². The fourth-order valence-corrected chi connectivity index (χ4v) is 4.37. The summed E-state index contributed by atoms with van der Waals surface area (Å²) in [5, 5.41) is 9.00. The maximum absolute atomic E-state index is 14.2. The van der Waals surface area contributed by atoms with Crippen LogP contribution in [0, 0.1) is 18.6 Å². The van der Waals surface area contributed by atoms with Crippen LogP contribution in [0.25, 0.3) is 28.1 Å². The predicted octanol–water partition coefficient (Wildman–Crippen LogP) is 7.24. The van der Waals surface area contributed by atoms with E-state index in [0.717, 1.165) is 45.8 Å². The molecule has 0 unspecified atom stereocenters. The Morgan fingerprint density at radius 2 is 1.46 bits per heavy atom. The number of rotatable bonds is 4. The third-order valence-electron chi connectivity index (χ3n) is 6.06. The fraction of sp³-hybridized carbons (Fsp3) is 0.138. The first kappa shape index (κ1) is 22.6. The van der Waals surface area contributed by atoms with E-state index in [9.17, 15) is 13.6 Å². The van der Waals surface area contributed by atoms with Crippen LogP contribution in [0.4, 0.5) is 8.78 Å². The molecule has 0 spiro atoms. The van der Waals surface area contributed by atoms with Gasteiger partial charge >= 0.3 is 5.97 Å². The molecule has 0 bridgehead atoms. The maximum atomic E-state index is 14.2. The number of hydrogen-bond donors (Lipinski definition) is 2. The van der Waals surface area contributed by atoms with Crippen LogP contribution in [-0.2, 0) is 0 Å². The van der Waals surface area contributed by atoms with Gasteiger partial charge in [-0.1, -0.05) is 29.8 Å². The molecule has 0 saturated carbocycles. The summed E-state index contributed by atoms with van der Waals surface area (Å²) in [4.78, 5) is 14.3. The summed E-state index contributed by atoms with van der Waals surface area (Å²) in [5.74, 6) is -3.11. The lowest BCUT2D eigenvalue weighted by atomic mass is 9.88. The Morgan fingerprint density at radius 3 is 2.09 bits per heavy atom. The molecule has 1 aliphatic heterocycles. The standard InChI is InChI=1S/C29H23F2NO3/c1-16-4-6-17(7-5-16)21-15-29(2,3)35-26-11-8-18(12-20(21)26)24-9-10-25(32-24)19-13-22(30)27(28(33)34)23(31)14-19/h4-15,32H,1-3H3,(H,33,34). The van der Waals surface area contributed by atoms with Crippen molar-refractivity contribution >= 4 is 11.5 Å². The Balaban J connectivity index is 1.55. The number of aromatic amines is 1. The smallest absolute Gasteiger partial charge is 0.341 e. The average Bonchev–Trinajstić information content (AvgIpc) is 3.28. The van der Waals surface area contributed by atoms with Gasteiger partial charge in [0.25, 0.3) is 0 Å². The zero-order valence-electron chi connectivity index (χ0n) is 19.4. The molecular weight excluding hydrogens is 448 g/mol. The third kappa shape index (κ3) is 4.23. The number of carboxylic acids is 1. The van der Waals surface area contributed by atoms with E-state index < -0.39 is 28.8 Å². The minimum absolute atomic E-state index is 0.222. The molecule has 6 heteroatoms. The van der Waals surface area contributed by atoms with Gasteiger partial charge in [0.1, 0.15) is 28.5 Å². The Hall–Kier alpha value is -4.19. The van der Waals surface area contributed by atoms with Gasteiger partial charge in [-0.25, -0.2) is 13.6 Å². The number of aromatic nitrogens is 1. The first-order chi connectivity index (χ1) is 16.6. The van der Waals surface area contributed by atoms with E-state index in [1.807, 2.05) is 45.0 Å². The Morgan fingerprint density at radius 1 is 0.857 bits per heavy atom. The van der Waals surface area contributed by atoms with Gasteiger partial charge in [-0.05, 0) is 86.0 Å². The second-order valence-electron chi connectivity index (χ2n) is 9.25. The van der Waals surface area contributed by atoms with Crippen LogP contribution in [0.3, 0.4) is 0 Å². The van der Waals surface area contributed by atoms with Crippen molar-refractivity contribution in [3.8, 4) is 28.3 Å². The number of aryl methyl sites for hydroxylation is 1. The van der Waals surface area contributed by atoms with E-state index in [1.54, 1.807) is 6.07 Å². The van der Waals surface area contributed by atoms with Crippen LogP contribution in [-0.4, -0.2) is 21.7 Å². The van der Waals surface area contributed by atoms with Crippen LogP contribution in [0.15, 0.2) is 72.8 Å². The van der Waals surface area contributed by atoms with Crippen molar-refractivity contribution in [1.29, 1.82) is 0 Å². The monoisotopic (exact) mass is 471 g/mol. The van der Waals surface area contributed by atoms with Crippen molar-refractivity contribution in [3.63, 3.8) is 0 Å². The maximum Gasteiger partial charge on any atom is 0.341 e. The minimum Gasteiger partial charge on any atom is -0.483 e. The summed E-state index contributed by atoms with van der Waals surface area (Å²) >= 11 is 0. The SMILES string of the molecule is Cc1ccc(C2=CC(C)(C)Oc3ccc(-c4ccc(-c5cc(F)c(C(=O)O)c(F)c5)[nH]4)cc32)cc1. The third-order valence-corrected chi connectivity index (χ3v) is 6.06. The lowest BCUT2D eigenvalue weighted by Crippen LogP contribution is -2.29. The minimum atomic E-state index is -1.64. The number of ether oxygens (including phenoxy) is 1. The van der Waals surface area contributed by atoms with Gasteiger partial charge < -0.3 is 14.8 Å². The van der Waals surface area contributed by atoms with Crippen molar-refractivity contribution in [2.75, 3.05) is 0 Å². The van der Waals surface area contributed by atoms with E-state index in [0.29, 0.717) is 5.69 Å². The highest BCUT2D eigenvalue weighted by Crippen LogP contribution is 2.41. The predicted molar refractivity (Wildman–Crippen MR) is 132 cm³/mol. The summed E-state index contributed by atoms with van der Waals surface area (Å²) in [6, 6.07) is 19.8. The summed E-state index contributed by atoms with van der Waals surface area (Å²) in [6.45, 7) is 6.08. The zero-order chi connectivity index (χ0) is 24.9. The molecular formula is C29H23F2NO3. The van der Waals surface area contributed by atoms with E-state index >= 15 is 0 Å². The number of carbonyl (C=O) groups is 1. The Kier molecular flexibility index (Phi) is 5.32. The lowest BCUT2D eigenvalue weighted by Gasteiger charge is -2.31. The number of hydrogen-bond acceptors (Lipinski definition) is 2. The largest absolute Gasteiger partial charge is 0.483 e. The molecule has 4 aromatic rings. The molecule has 4 nitrogen and oxygen atoms in total. The van der Waals surface area contributed by atoms with Gasteiger partial charge in [-0.15, -0.1) is 0 Å². The molecule has 5 rings (SSSR count). The number of halogens is 2. The van der Waals surface area contributed by atoms with Gasteiger partial charge in [0.05, 0.1) is 0 Å². The molecule has 2 N–H and O–H groups in total. The van der Waals surface area contributed by atoms with Crippen LogP contribution < -0.4 is 4.74 Å². The molecule has 0 atom stereocenters. The molecule has 2 heterocycles. The summed E-state index contributed by atoms with van der Waals surface area (Å²) in [6.07, 6.45) is 2.11. The first-order valence-electron chi connectivity index (χ1n) is 11.2. The molecule has 0 amide bonds. The van der Waals surface area contributed by atoms with Crippen LogP contribution in [0.1, 0.15) is 40.9 Å². The quantitative estimate of drug-likeness (QED) is 0.330. The van der Waals surface area contributed by atoms with Crippen LogP contribution >= 0.6 is 0 Å². The van der Waals surface area contributed by atoms with E-state index in [2.05, 4.69) is 35.3 Å². The molecule has 176 valence electrons. The van der Waals surface area contributed by atoms with Crippen molar-refractivity contribution in [2.24, 2.45) is 0 Å². The topological polar surface area (TPSA) is 62.3 Å². The van der Waals surface area contributed by atoms with Crippen molar-refractivity contribution in [2.45, 2.75) is 26.4 Å². The molecule has 0 saturated heterocycles. The zero-order valence-corrected chi connectivity index (χ0v) is 19.4. The fourth-order valence-electron chi connectivity index (χ4n) is 4.37. The van der Waals surface area contributed by atoms with E-state index in [1.165, 1.54) is 5.56 Å². The number of nitrogens with one attached hydrogen (secondary N) is 1. The van der Waals surface area contributed by atoms with Crippen molar-refractivity contribution < 1.29 is 23.4 Å². The highest BCUT2D eigenvalue weighted by Gasteiger charge is 2.27. The number of fused-ring (bicyclic) bond motifs is 1. The summed E-state index contributed by atoms with van der Waals surface area (Å²) in [5.41, 5.74) is 5.17. The Bertz CT molecular complexity index is 1470. The van der Waals surface area contributed by atoms with Gasteiger partial charge in [0.2, 0.25) is 0 Å². The molecule has 1 aliphatic rings. The molecule has 3 aromatic carbocycles. The van der Waals surface area contributed by atoms with Gasteiger partial charge in [0.15, 0.2) is 0 Å². The first-order valence-corrected chi connectivity index (χ1v) is 11.2. The second-order valence-corrected chi connectivity index (χ2v) is 9.25. The molecule has 35 heavy (non-hydrogen) atoms. The van der Waals surface area contributed by atoms with Crippen LogP contribution in [0.2, 0.25) is 0 Å².